The molecule has 23 heavy (non-hydrogen) atoms. The van der Waals surface area contributed by atoms with Crippen molar-refractivity contribution in [2.45, 2.75) is 11.3 Å². The van der Waals surface area contributed by atoms with E-state index in [2.05, 4.69) is 4.98 Å². The molecule has 7 heteroatoms. The number of aromatic nitrogens is 1. The zero-order valence-corrected chi connectivity index (χ0v) is 12.9. The highest BCUT2D eigenvalue weighted by molar-refractivity contribution is 7.99. The molecule has 0 aliphatic carbocycles. The number of fused-ring (bicyclic) bond motifs is 1. The summed E-state index contributed by atoms with van der Waals surface area (Å²) in [5.41, 5.74) is 1.02. The van der Waals surface area contributed by atoms with Crippen LogP contribution in [0.15, 0.2) is 47.5 Å². The minimum Gasteiger partial charge on any atom is -0.488 e. The molecular formula is C16H14F2N2O2S. The molecule has 1 aliphatic heterocycles. The number of benzene rings is 1. The number of nitrogens with zero attached hydrogens (tertiary/aromatic N) is 2. The van der Waals surface area contributed by atoms with Gasteiger partial charge in [-0.3, -0.25) is 9.78 Å². The Morgan fingerprint density at radius 3 is 3.00 bits per heavy atom. The van der Waals surface area contributed by atoms with Crippen LogP contribution in [-0.2, 0) is 0 Å². The Kier molecular flexibility index (Phi) is 4.76. The fourth-order valence-corrected chi connectivity index (χ4v) is 3.29. The Morgan fingerprint density at radius 1 is 1.35 bits per heavy atom. The second-order valence-corrected chi connectivity index (χ2v) is 5.99. The molecule has 1 aromatic heterocycles. The summed E-state index contributed by atoms with van der Waals surface area (Å²) < 4.78 is 29.4. The standard InChI is InChI=1S/C16H14F2N2O2S/c17-15(18)10-22-11-5-6-19-12(9-11)16(21)20-7-8-23-14-4-2-1-3-13(14)20/h1-6,9,15H,7-8,10H2. The third kappa shape index (κ3) is 3.61. The molecule has 120 valence electrons. The van der Waals surface area contributed by atoms with E-state index in [1.807, 2.05) is 24.3 Å². The summed E-state index contributed by atoms with van der Waals surface area (Å²) in [6, 6.07) is 10.5. The molecule has 0 N–H and O–H groups in total. The number of ether oxygens (including phenoxy) is 1. The van der Waals surface area contributed by atoms with Gasteiger partial charge in [0.2, 0.25) is 0 Å². The number of carbonyl (C=O) groups is 1. The van der Waals surface area contributed by atoms with Gasteiger partial charge >= 0.3 is 0 Å². The molecule has 1 aromatic carbocycles. The predicted molar refractivity (Wildman–Crippen MR) is 84.6 cm³/mol. The second-order valence-electron chi connectivity index (χ2n) is 4.85. The van der Waals surface area contributed by atoms with Gasteiger partial charge in [-0.2, -0.15) is 0 Å². The number of alkyl halides is 2. The number of carbonyl (C=O) groups excluding carboxylic acids is 1. The zero-order valence-electron chi connectivity index (χ0n) is 12.1. The van der Waals surface area contributed by atoms with E-state index >= 15 is 0 Å². The largest absolute Gasteiger partial charge is 0.488 e. The number of halogens is 2. The van der Waals surface area contributed by atoms with Crippen LogP contribution in [0.4, 0.5) is 14.5 Å². The predicted octanol–water partition coefficient (Wildman–Crippen LogP) is 3.48. The molecule has 0 bridgehead atoms. The fourth-order valence-electron chi connectivity index (χ4n) is 2.30. The van der Waals surface area contributed by atoms with E-state index in [0.29, 0.717) is 6.54 Å². The number of para-hydroxylation sites is 1. The molecule has 0 radical (unpaired) electrons. The summed E-state index contributed by atoms with van der Waals surface area (Å²) in [5.74, 6) is 0.744. The first kappa shape index (κ1) is 15.7. The summed E-state index contributed by atoms with van der Waals surface area (Å²) in [5, 5.41) is 0. The molecule has 0 atom stereocenters. The van der Waals surface area contributed by atoms with Crippen molar-refractivity contribution >= 4 is 23.4 Å². The minimum absolute atomic E-state index is 0.179. The number of hydrogen-bond donors (Lipinski definition) is 0. The van der Waals surface area contributed by atoms with Crippen LogP contribution in [-0.4, -0.2) is 36.2 Å². The van der Waals surface area contributed by atoms with Gasteiger partial charge in [-0.25, -0.2) is 8.78 Å². The summed E-state index contributed by atoms with van der Waals surface area (Å²) in [7, 11) is 0. The maximum atomic E-state index is 12.7. The molecule has 4 nitrogen and oxygen atoms in total. The number of thioether (sulfide) groups is 1. The van der Waals surface area contributed by atoms with E-state index in [4.69, 9.17) is 4.74 Å². The van der Waals surface area contributed by atoms with Gasteiger partial charge < -0.3 is 9.64 Å². The van der Waals surface area contributed by atoms with E-state index in [0.717, 1.165) is 16.3 Å². The lowest BCUT2D eigenvalue weighted by atomic mass is 10.2. The lowest BCUT2D eigenvalue weighted by Crippen LogP contribution is -2.35. The molecule has 2 aromatic rings. The van der Waals surface area contributed by atoms with Crippen molar-refractivity contribution in [3.63, 3.8) is 0 Å². The number of hydrogen-bond acceptors (Lipinski definition) is 4. The van der Waals surface area contributed by atoms with Crippen molar-refractivity contribution < 1.29 is 18.3 Å². The van der Waals surface area contributed by atoms with Crippen LogP contribution in [0.3, 0.4) is 0 Å². The normalized spacial score (nSPS) is 13.8. The molecular weight excluding hydrogens is 322 g/mol. The van der Waals surface area contributed by atoms with E-state index < -0.39 is 13.0 Å². The third-order valence-electron chi connectivity index (χ3n) is 3.30. The molecule has 0 spiro atoms. The van der Waals surface area contributed by atoms with Gasteiger partial charge in [0.25, 0.3) is 12.3 Å². The van der Waals surface area contributed by atoms with Crippen LogP contribution >= 0.6 is 11.8 Å². The Bertz CT molecular complexity index is 712. The van der Waals surface area contributed by atoms with Gasteiger partial charge in [-0.1, -0.05) is 12.1 Å². The van der Waals surface area contributed by atoms with Crippen LogP contribution in [0.1, 0.15) is 10.5 Å². The Labute approximate surface area is 136 Å². The smallest absolute Gasteiger partial charge is 0.277 e. The number of anilines is 1. The lowest BCUT2D eigenvalue weighted by molar-refractivity contribution is 0.0817. The highest BCUT2D eigenvalue weighted by Gasteiger charge is 2.24. The van der Waals surface area contributed by atoms with Crippen LogP contribution < -0.4 is 9.64 Å². The molecule has 3 rings (SSSR count). The molecule has 0 unspecified atom stereocenters. The van der Waals surface area contributed by atoms with Crippen LogP contribution in [0, 0.1) is 0 Å². The molecule has 0 saturated heterocycles. The summed E-state index contributed by atoms with van der Waals surface area (Å²) >= 11 is 1.70. The first-order valence-corrected chi connectivity index (χ1v) is 8.04. The highest BCUT2D eigenvalue weighted by atomic mass is 32.2. The zero-order chi connectivity index (χ0) is 16.2. The summed E-state index contributed by atoms with van der Waals surface area (Å²) in [6.07, 6.45) is -1.17. The van der Waals surface area contributed by atoms with Gasteiger partial charge in [0.15, 0.2) is 0 Å². The Balaban J connectivity index is 1.83. The fraction of sp³-hybridized carbons (Fsp3) is 0.250. The van der Waals surface area contributed by atoms with Gasteiger partial charge in [0.1, 0.15) is 18.1 Å². The maximum Gasteiger partial charge on any atom is 0.277 e. The SMILES string of the molecule is O=C(c1cc(OCC(F)F)ccn1)N1CCSc2ccccc21. The van der Waals surface area contributed by atoms with Crippen molar-refractivity contribution in [3.8, 4) is 5.75 Å². The number of amides is 1. The molecule has 1 amide bonds. The van der Waals surface area contributed by atoms with Crippen LogP contribution in [0.25, 0.3) is 0 Å². The number of rotatable bonds is 4. The second kappa shape index (κ2) is 6.95. The first-order chi connectivity index (χ1) is 11.1. The third-order valence-corrected chi connectivity index (χ3v) is 4.34. The van der Waals surface area contributed by atoms with Crippen LogP contribution in [0.5, 0.6) is 5.75 Å². The quantitative estimate of drug-likeness (QED) is 0.857. The molecule has 0 saturated carbocycles. The Morgan fingerprint density at radius 2 is 2.17 bits per heavy atom. The van der Waals surface area contributed by atoms with Crippen molar-refractivity contribution in [1.29, 1.82) is 0 Å². The van der Waals surface area contributed by atoms with Gasteiger partial charge in [0, 0.05) is 29.5 Å². The molecule has 2 heterocycles. The molecule has 1 aliphatic rings. The summed E-state index contributed by atoms with van der Waals surface area (Å²) in [4.78, 5) is 19.4. The average Bonchev–Trinajstić information content (AvgIpc) is 2.59. The van der Waals surface area contributed by atoms with Crippen molar-refractivity contribution in [1.82, 2.24) is 4.98 Å². The van der Waals surface area contributed by atoms with Gasteiger partial charge in [-0.05, 0) is 18.2 Å². The van der Waals surface area contributed by atoms with E-state index in [-0.39, 0.29) is 17.4 Å². The minimum atomic E-state index is -2.56. The lowest BCUT2D eigenvalue weighted by Gasteiger charge is -2.28. The van der Waals surface area contributed by atoms with Crippen LogP contribution in [0.2, 0.25) is 0 Å². The summed E-state index contributed by atoms with van der Waals surface area (Å²) in [6.45, 7) is -0.134. The highest BCUT2D eigenvalue weighted by Crippen LogP contribution is 2.35. The van der Waals surface area contributed by atoms with Crippen molar-refractivity contribution in [2.24, 2.45) is 0 Å². The maximum absolute atomic E-state index is 12.7. The molecule has 0 fully saturated rings. The van der Waals surface area contributed by atoms with Gasteiger partial charge in [-0.15, -0.1) is 11.8 Å². The van der Waals surface area contributed by atoms with E-state index in [1.165, 1.54) is 18.3 Å². The van der Waals surface area contributed by atoms with Crippen molar-refractivity contribution in [2.75, 3.05) is 23.8 Å². The number of pyridine rings is 1. The average molecular weight is 336 g/mol. The topological polar surface area (TPSA) is 42.4 Å². The van der Waals surface area contributed by atoms with Crippen molar-refractivity contribution in [3.05, 3.63) is 48.3 Å². The van der Waals surface area contributed by atoms with E-state index in [9.17, 15) is 13.6 Å². The first-order valence-electron chi connectivity index (χ1n) is 7.06. The van der Waals surface area contributed by atoms with Gasteiger partial charge in [0.05, 0.1) is 5.69 Å². The van der Waals surface area contributed by atoms with E-state index in [1.54, 1.807) is 16.7 Å². The Hall–Kier alpha value is -2.15. The monoisotopic (exact) mass is 336 g/mol.